The normalized spacial score (nSPS) is 12.5. The number of carbonyl (C=O) groups is 1. The first-order chi connectivity index (χ1) is 6.13. The molecule has 1 rings (SSSR count). The fraction of sp³-hybridized carbons (Fsp3) is 0.500. The Morgan fingerprint density at radius 2 is 2.54 bits per heavy atom. The van der Waals surface area contributed by atoms with E-state index >= 15 is 0 Å². The molecule has 1 heterocycles. The Labute approximate surface area is 76.3 Å². The van der Waals surface area contributed by atoms with Gasteiger partial charge >= 0.3 is 0 Å². The van der Waals surface area contributed by atoms with Crippen molar-refractivity contribution in [3.8, 4) is 0 Å². The van der Waals surface area contributed by atoms with E-state index < -0.39 is 6.04 Å². The molecule has 0 aliphatic heterocycles. The van der Waals surface area contributed by atoms with Gasteiger partial charge in [0.15, 0.2) is 0 Å². The van der Waals surface area contributed by atoms with Gasteiger partial charge in [0.25, 0.3) is 0 Å². The van der Waals surface area contributed by atoms with Gasteiger partial charge in [0.05, 0.1) is 11.7 Å². The molecule has 3 N–H and O–H groups in total. The molecule has 1 aromatic heterocycles. The highest BCUT2D eigenvalue weighted by molar-refractivity contribution is 5.93. The second-order valence-electron chi connectivity index (χ2n) is 2.84. The van der Waals surface area contributed by atoms with Crippen molar-refractivity contribution < 1.29 is 9.32 Å². The molecule has 0 unspecified atom stereocenters. The van der Waals surface area contributed by atoms with Crippen LogP contribution in [0.1, 0.15) is 19.0 Å². The Bertz CT molecular complexity index is 295. The number of amides is 1. The molecule has 0 aromatic carbocycles. The quantitative estimate of drug-likeness (QED) is 0.721. The Balaban J connectivity index is 2.54. The summed E-state index contributed by atoms with van der Waals surface area (Å²) in [6.07, 6.45) is 0.596. The molecular weight excluding hydrogens is 170 g/mol. The van der Waals surface area contributed by atoms with E-state index in [9.17, 15) is 4.79 Å². The number of rotatable bonds is 3. The van der Waals surface area contributed by atoms with Crippen LogP contribution in [-0.2, 0) is 4.79 Å². The Morgan fingerprint density at radius 1 is 1.85 bits per heavy atom. The molecule has 1 amide bonds. The van der Waals surface area contributed by atoms with Gasteiger partial charge in [-0.1, -0.05) is 12.1 Å². The molecule has 0 fully saturated rings. The highest BCUT2D eigenvalue weighted by atomic mass is 16.5. The lowest BCUT2D eigenvalue weighted by Crippen LogP contribution is -2.34. The van der Waals surface area contributed by atoms with E-state index in [0.717, 1.165) is 5.69 Å². The Hall–Kier alpha value is -1.36. The van der Waals surface area contributed by atoms with Crippen molar-refractivity contribution in [2.24, 2.45) is 5.73 Å². The predicted molar refractivity (Wildman–Crippen MR) is 48.1 cm³/mol. The molecule has 1 atom stereocenters. The predicted octanol–water partition coefficient (Wildman–Crippen LogP) is 0.659. The molecule has 0 bridgehead atoms. The van der Waals surface area contributed by atoms with Crippen LogP contribution in [0.15, 0.2) is 10.6 Å². The highest BCUT2D eigenvalue weighted by Gasteiger charge is 2.12. The molecule has 0 saturated heterocycles. The summed E-state index contributed by atoms with van der Waals surface area (Å²) in [5.74, 6) is 0.0880. The van der Waals surface area contributed by atoms with Crippen molar-refractivity contribution in [2.75, 3.05) is 5.32 Å². The average molecular weight is 183 g/mol. The maximum atomic E-state index is 11.2. The van der Waals surface area contributed by atoms with Crippen LogP contribution in [0.4, 0.5) is 5.88 Å². The monoisotopic (exact) mass is 183 g/mol. The van der Waals surface area contributed by atoms with Crippen molar-refractivity contribution in [2.45, 2.75) is 26.3 Å². The molecule has 1 aromatic rings. The Morgan fingerprint density at radius 3 is 3.00 bits per heavy atom. The highest BCUT2D eigenvalue weighted by Crippen LogP contribution is 2.08. The SMILES string of the molecule is CC[C@@H](N)C(=O)Nc1cc(C)no1. The van der Waals surface area contributed by atoms with Crippen LogP contribution in [0, 0.1) is 6.92 Å². The third-order valence-electron chi connectivity index (χ3n) is 1.65. The maximum absolute atomic E-state index is 11.2. The molecule has 0 aliphatic carbocycles. The van der Waals surface area contributed by atoms with E-state index in [2.05, 4.69) is 10.5 Å². The minimum absolute atomic E-state index is 0.251. The molecule has 0 saturated carbocycles. The number of aryl methyl sites for hydroxylation is 1. The number of carbonyl (C=O) groups excluding carboxylic acids is 1. The van der Waals surface area contributed by atoms with E-state index in [1.807, 2.05) is 6.92 Å². The molecule has 13 heavy (non-hydrogen) atoms. The van der Waals surface area contributed by atoms with Crippen LogP contribution >= 0.6 is 0 Å². The number of hydrogen-bond acceptors (Lipinski definition) is 4. The van der Waals surface area contributed by atoms with Gasteiger partial charge in [-0.3, -0.25) is 10.1 Å². The van der Waals surface area contributed by atoms with E-state index in [-0.39, 0.29) is 5.91 Å². The number of nitrogens with one attached hydrogen (secondary N) is 1. The van der Waals surface area contributed by atoms with Crippen LogP contribution in [0.3, 0.4) is 0 Å². The smallest absolute Gasteiger partial charge is 0.243 e. The van der Waals surface area contributed by atoms with Crippen LogP contribution in [0.5, 0.6) is 0 Å². The van der Waals surface area contributed by atoms with Crippen molar-refractivity contribution >= 4 is 11.8 Å². The standard InChI is InChI=1S/C8H13N3O2/c1-3-6(9)8(12)10-7-4-5(2)11-13-7/h4,6H,3,9H2,1-2H3,(H,10,12)/t6-/m1/s1. The van der Waals surface area contributed by atoms with E-state index in [0.29, 0.717) is 12.3 Å². The van der Waals surface area contributed by atoms with E-state index in [1.165, 1.54) is 0 Å². The first-order valence-corrected chi connectivity index (χ1v) is 4.13. The lowest BCUT2D eigenvalue weighted by atomic mass is 10.2. The third kappa shape index (κ3) is 2.55. The molecule has 5 heteroatoms. The summed E-state index contributed by atoms with van der Waals surface area (Å²) in [6, 6.07) is 1.14. The summed E-state index contributed by atoms with van der Waals surface area (Å²) in [4.78, 5) is 11.2. The van der Waals surface area contributed by atoms with Crippen LogP contribution in [0.25, 0.3) is 0 Å². The topological polar surface area (TPSA) is 81.2 Å². The number of anilines is 1. The van der Waals surface area contributed by atoms with Gasteiger partial charge in [0, 0.05) is 6.07 Å². The molecular formula is C8H13N3O2. The number of nitrogens with zero attached hydrogens (tertiary/aromatic N) is 1. The zero-order valence-corrected chi connectivity index (χ0v) is 7.70. The van der Waals surface area contributed by atoms with Crippen LogP contribution < -0.4 is 11.1 Å². The van der Waals surface area contributed by atoms with Crippen molar-refractivity contribution in [1.29, 1.82) is 0 Å². The summed E-state index contributed by atoms with van der Waals surface area (Å²) < 4.78 is 4.79. The molecule has 0 radical (unpaired) electrons. The van der Waals surface area contributed by atoms with Gasteiger partial charge in [0.1, 0.15) is 0 Å². The molecule has 72 valence electrons. The minimum Gasteiger partial charge on any atom is -0.338 e. The van der Waals surface area contributed by atoms with Gasteiger partial charge in [-0.15, -0.1) is 0 Å². The second-order valence-corrected chi connectivity index (χ2v) is 2.84. The fourth-order valence-electron chi connectivity index (χ4n) is 0.822. The first-order valence-electron chi connectivity index (χ1n) is 4.13. The minimum atomic E-state index is -0.495. The summed E-state index contributed by atoms with van der Waals surface area (Å²) >= 11 is 0. The lowest BCUT2D eigenvalue weighted by Gasteiger charge is -2.06. The number of aromatic nitrogens is 1. The van der Waals surface area contributed by atoms with Crippen LogP contribution in [0.2, 0.25) is 0 Å². The largest absolute Gasteiger partial charge is 0.338 e. The van der Waals surface area contributed by atoms with Gasteiger partial charge in [0.2, 0.25) is 11.8 Å². The van der Waals surface area contributed by atoms with Gasteiger partial charge < -0.3 is 10.3 Å². The maximum Gasteiger partial charge on any atom is 0.243 e. The third-order valence-corrected chi connectivity index (χ3v) is 1.65. The summed E-state index contributed by atoms with van der Waals surface area (Å²) in [5.41, 5.74) is 6.22. The summed E-state index contributed by atoms with van der Waals surface area (Å²) in [5, 5.41) is 6.14. The zero-order chi connectivity index (χ0) is 9.84. The molecule has 0 spiro atoms. The fourth-order valence-corrected chi connectivity index (χ4v) is 0.822. The van der Waals surface area contributed by atoms with Crippen molar-refractivity contribution in [3.63, 3.8) is 0 Å². The second kappa shape index (κ2) is 4.04. The zero-order valence-electron chi connectivity index (χ0n) is 7.70. The first kappa shape index (κ1) is 9.73. The van der Waals surface area contributed by atoms with E-state index in [4.69, 9.17) is 10.3 Å². The molecule has 0 aliphatic rings. The van der Waals surface area contributed by atoms with Gasteiger partial charge in [-0.05, 0) is 13.3 Å². The summed E-state index contributed by atoms with van der Waals surface area (Å²) in [7, 11) is 0. The Kier molecular flexibility index (Phi) is 3.02. The number of hydrogen-bond donors (Lipinski definition) is 2. The summed E-state index contributed by atoms with van der Waals surface area (Å²) in [6.45, 7) is 3.62. The van der Waals surface area contributed by atoms with Crippen molar-refractivity contribution in [1.82, 2.24) is 5.16 Å². The number of nitrogens with two attached hydrogens (primary N) is 1. The van der Waals surface area contributed by atoms with Crippen LogP contribution in [-0.4, -0.2) is 17.1 Å². The van der Waals surface area contributed by atoms with Gasteiger partial charge in [-0.2, -0.15) is 0 Å². The molecule has 5 nitrogen and oxygen atoms in total. The van der Waals surface area contributed by atoms with Crippen molar-refractivity contribution in [3.05, 3.63) is 11.8 Å². The van der Waals surface area contributed by atoms with Gasteiger partial charge in [-0.25, -0.2) is 0 Å². The average Bonchev–Trinajstić information content (AvgIpc) is 2.49. The van der Waals surface area contributed by atoms with E-state index in [1.54, 1.807) is 13.0 Å². The lowest BCUT2D eigenvalue weighted by molar-refractivity contribution is -0.117.